The van der Waals surface area contributed by atoms with Gasteiger partial charge in [0, 0.05) is 0 Å². The SMILES string of the molecule is Cc1ccc(-c2ccc([SH2+])cc2)cc1C. The Labute approximate surface area is 96.4 Å². The van der Waals surface area contributed by atoms with Crippen molar-refractivity contribution in [2.24, 2.45) is 0 Å². The summed E-state index contributed by atoms with van der Waals surface area (Å²) in [5.74, 6) is 0. The quantitative estimate of drug-likeness (QED) is 0.640. The molecule has 0 saturated heterocycles. The lowest BCUT2D eigenvalue weighted by Crippen LogP contribution is -1.83. The molecule has 0 fully saturated rings. The first kappa shape index (κ1) is 10.3. The molecule has 2 aromatic carbocycles. The lowest BCUT2D eigenvalue weighted by atomic mass is 10.0. The fourth-order valence-corrected chi connectivity index (χ4v) is 1.75. The van der Waals surface area contributed by atoms with E-state index in [0.29, 0.717) is 0 Å². The lowest BCUT2D eigenvalue weighted by molar-refractivity contribution is 1.34. The van der Waals surface area contributed by atoms with Gasteiger partial charge in [0.25, 0.3) is 0 Å². The number of aryl methyl sites for hydroxylation is 2. The Morgan fingerprint density at radius 3 is 1.93 bits per heavy atom. The van der Waals surface area contributed by atoms with Gasteiger partial charge in [-0.2, -0.15) is 0 Å². The Morgan fingerprint density at radius 2 is 1.33 bits per heavy atom. The highest BCUT2D eigenvalue weighted by Crippen LogP contribution is 2.22. The number of benzene rings is 2. The van der Waals surface area contributed by atoms with E-state index >= 15 is 0 Å². The van der Waals surface area contributed by atoms with Crippen molar-refractivity contribution in [3.63, 3.8) is 0 Å². The maximum absolute atomic E-state index is 3.49. The highest BCUT2D eigenvalue weighted by atomic mass is 32.1. The number of hydrogen-bond acceptors (Lipinski definition) is 0. The molecule has 2 rings (SSSR count). The van der Waals surface area contributed by atoms with Crippen LogP contribution >= 0.6 is 0 Å². The third-order valence-corrected chi connectivity index (χ3v) is 3.06. The van der Waals surface area contributed by atoms with Gasteiger partial charge in [-0.25, -0.2) is 0 Å². The van der Waals surface area contributed by atoms with Crippen LogP contribution in [-0.2, 0) is 12.6 Å². The van der Waals surface area contributed by atoms with Gasteiger partial charge in [0.2, 0.25) is 0 Å². The first-order valence-corrected chi connectivity index (χ1v) is 5.56. The first-order chi connectivity index (χ1) is 7.16. The zero-order valence-electron chi connectivity index (χ0n) is 9.04. The second-order valence-corrected chi connectivity index (χ2v) is 4.45. The second kappa shape index (κ2) is 4.11. The first-order valence-electron chi connectivity index (χ1n) is 5.06. The molecule has 15 heavy (non-hydrogen) atoms. The zero-order chi connectivity index (χ0) is 10.8. The predicted molar refractivity (Wildman–Crippen MR) is 69.8 cm³/mol. The minimum atomic E-state index is 1.11. The molecular formula is C14H15S+. The van der Waals surface area contributed by atoms with Crippen LogP contribution in [0.25, 0.3) is 11.1 Å². The Bertz CT molecular complexity index is 469. The molecule has 0 N–H and O–H groups in total. The summed E-state index contributed by atoms with van der Waals surface area (Å²) in [4.78, 5) is 1.11. The zero-order valence-corrected chi connectivity index (χ0v) is 10.0. The molecule has 0 radical (unpaired) electrons. The Hall–Kier alpha value is -1.21. The Morgan fingerprint density at radius 1 is 0.733 bits per heavy atom. The summed E-state index contributed by atoms with van der Waals surface area (Å²) in [5, 5.41) is 0. The largest absolute Gasteiger partial charge is 0.150 e. The van der Waals surface area contributed by atoms with Crippen molar-refractivity contribution in [1.82, 2.24) is 0 Å². The van der Waals surface area contributed by atoms with Gasteiger partial charge in [-0.15, -0.1) is 0 Å². The van der Waals surface area contributed by atoms with Gasteiger partial charge < -0.3 is 0 Å². The van der Waals surface area contributed by atoms with Crippen LogP contribution in [0.2, 0.25) is 0 Å². The van der Waals surface area contributed by atoms with E-state index in [0.717, 1.165) is 4.90 Å². The fraction of sp³-hybridized carbons (Fsp3) is 0.143. The number of rotatable bonds is 1. The molecule has 0 heterocycles. The molecule has 0 aliphatic rings. The van der Waals surface area contributed by atoms with E-state index in [2.05, 4.69) is 68.9 Å². The molecular weight excluding hydrogens is 200 g/mol. The molecule has 0 saturated carbocycles. The third-order valence-electron chi connectivity index (χ3n) is 2.73. The van der Waals surface area contributed by atoms with Crippen LogP contribution < -0.4 is 0 Å². The second-order valence-electron chi connectivity index (χ2n) is 3.88. The van der Waals surface area contributed by atoms with Crippen LogP contribution in [0.5, 0.6) is 0 Å². The fourth-order valence-electron chi connectivity index (χ4n) is 1.58. The summed E-state index contributed by atoms with van der Waals surface area (Å²) in [6.07, 6.45) is 0. The summed E-state index contributed by atoms with van der Waals surface area (Å²) >= 11 is 3.49. The van der Waals surface area contributed by atoms with E-state index < -0.39 is 0 Å². The summed E-state index contributed by atoms with van der Waals surface area (Å²) in [7, 11) is 0. The summed E-state index contributed by atoms with van der Waals surface area (Å²) in [6.45, 7) is 4.29. The van der Waals surface area contributed by atoms with Gasteiger partial charge in [-0.1, -0.05) is 18.2 Å². The Balaban J connectivity index is 2.45. The molecule has 0 amide bonds. The molecule has 76 valence electrons. The van der Waals surface area contributed by atoms with Crippen molar-refractivity contribution in [2.75, 3.05) is 0 Å². The molecule has 2 aromatic rings. The van der Waals surface area contributed by atoms with E-state index in [9.17, 15) is 0 Å². The highest BCUT2D eigenvalue weighted by Gasteiger charge is 2.00. The standard InChI is InChI=1S/C14H14S/c1-10-3-4-13(9-11(10)2)12-5-7-14(15)8-6-12/h3-9,15H,1-2H3/p+1. The third kappa shape index (κ3) is 2.24. The van der Waals surface area contributed by atoms with Crippen molar-refractivity contribution < 1.29 is 0 Å². The topological polar surface area (TPSA) is 0 Å². The Kier molecular flexibility index (Phi) is 2.83. The van der Waals surface area contributed by atoms with Gasteiger partial charge in [0.1, 0.15) is 4.90 Å². The molecule has 0 nitrogen and oxygen atoms in total. The minimum Gasteiger partial charge on any atom is -0.0584 e. The molecule has 0 atom stereocenters. The lowest BCUT2D eigenvalue weighted by Gasteiger charge is -2.05. The van der Waals surface area contributed by atoms with Crippen LogP contribution in [0.1, 0.15) is 11.1 Å². The van der Waals surface area contributed by atoms with Crippen LogP contribution in [0.3, 0.4) is 0 Å². The smallest absolute Gasteiger partial charge is 0.0584 e. The molecule has 1 heteroatoms. The predicted octanol–water partition coefficient (Wildman–Crippen LogP) is 3.34. The molecule has 0 aliphatic carbocycles. The van der Waals surface area contributed by atoms with Crippen molar-refractivity contribution in [3.8, 4) is 11.1 Å². The monoisotopic (exact) mass is 215 g/mol. The summed E-state index contributed by atoms with van der Waals surface area (Å²) in [6, 6.07) is 15.0. The summed E-state index contributed by atoms with van der Waals surface area (Å²) < 4.78 is 0. The van der Waals surface area contributed by atoms with Gasteiger partial charge in [0.05, 0.1) is 0 Å². The van der Waals surface area contributed by atoms with E-state index in [1.165, 1.54) is 22.3 Å². The molecule has 0 aliphatic heterocycles. The van der Waals surface area contributed by atoms with E-state index in [4.69, 9.17) is 0 Å². The van der Waals surface area contributed by atoms with Crippen molar-refractivity contribution in [1.29, 1.82) is 0 Å². The van der Waals surface area contributed by atoms with E-state index in [1.807, 2.05) is 0 Å². The highest BCUT2D eigenvalue weighted by molar-refractivity contribution is 7.58. The van der Waals surface area contributed by atoms with Crippen LogP contribution in [-0.4, -0.2) is 0 Å². The van der Waals surface area contributed by atoms with Gasteiger partial charge >= 0.3 is 0 Å². The average molecular weight is 215 g/mol. The molecule has 0 bridgehead atoms. The van der Waals surface area contributed by atoms with E-state index in [1.54, 1.807) is 0 Å². The molecule has 0 spiro atoms. The molecule has 0 unspecified atom stereocenters. The normalized spacial score (nSPS) is 10.3. The van der Waals surface area contributed by atoms with Crippen LogP contribution in [0, 0.1) is 13.8 Å². The van der Waals surface area contributed by atoms with Crippen molar-refractivity contribution in [2.45, 2.75) is 18.7 Å². The average Bonchev–Trinajstić information content (AvgIpc) is 2.23. The maximum Gasteiger partial charge on any atom is 0.150 e. The number of hydrogen-bond donors (Lipinski definition) is 0. The van der Waals surface area contributed by atoms with Crippen LogP contribution in [0.4, 0.5) is 0 Å². The van der Waals surface area contributed by atoms with Crippen LogP contribution in [0.15, 0.2) is 47.4 Å². The summed E-state index contributed by atoms with van der Waals surface area (Å²) in [5.41, 5.74) is 5.23. The van der Waals surface area contributed by atoms with Gasteiger partial charge in [-0.05, 0) is 73.0 Å². The van der Waals surface area contributed by atoms with Gasteiger partial charge in [-0.3, -0.25) is 0 Å². The van der Waals surface area contributed by atoms with Crippen molar-refractivity contribution in [3.05, 3.63) is 53.6 Å². The van der Waals surface area contributed by atoms with Gasteiger partial charge in [0.15, 0.2) is 0 Å². The minimum absolute atomic E-state index is 1.11. The van der Waals surface area contributed by atoms with E-state index in [-0.39, 0.29) is 0 Å². The molecule has 0 aromatic heterocycles. The van der Waals surface area contributed by atoms with Crippen molar-refractivity contribution >= 4 is 12.6 Å². The maximum atomic E-state index is 3.49.